The van der Waals surface area contributed by atoms with E-state index < -0.39 is 0 Å². The maximum absolute atomic E-state index is 12.3. The van der Waals surface area contributed by atoms with Gasteiger partial charge in [0, 0.05) is 39.3 Å². The number of rotatable bonds is 3. The molecule has 19 heavy (non-hydrogen) atoms. The van der Waals surface area contributed by atoms with Crippen molar-refractivity contribution in [2.75, 3.05) is 39.3 Å². The smallest absolute Gasteiger partial charge is 0.257 e. The molecular formula is C14H21N3O2. The van der Waals surface area contributed by atoms with Crippen molar-refractivity contribution in [3.8, 4) is 5.75 Å². The highest BCUT2D eigenvalue weighted by Crippen LogP contribution is 2.20. The minimum Gasteiger partial charge on any atom is -0.507 e. The summed E-state index contributed by atoms with van der Waals surface area (Å²) in [4.78, 5) is 16.4. The van der Waals surface area contributed by atoms with Crippen LogP contribution in [0.1, 0.15) is 15.9 Å². The zero-order chi connectivity index (χ0) is 13.8. The number of phenolic OH excluding ortho intramolecular Hbond substituents is 1. The van der Waals surface area contributed by atoms with E-state index in [0.717, 1.165) is 25.2 Å². The molecule has 1 aromatic rings. The molecule has 1 amide bonds. The lowest BCUT2D eigenvalue weighted by atomic mass is 10.1. The molecule has 0 radical (unpaired) electrons. The van der Waals surface area contributed by atoms with E-state index in [1.54, 1.807) is 17.0 Å². The van der Waals surface area contributed by atoms with Crippen LogP contribution in [-0.2, 0) is 0 Å². The molecule has 0 unspecified atom stereocenters. The first kappa shape index (κ1) is 13.8. The van der Waals surface area contributed by atoms with Crippen LogP contribution in [0, 0.1) is 6.92 Å². The molecule has 1 aliphatic heterocycles. The van der Waals surface area contributed by atoms with E-state index in [1.165, 1.54) is 0 Å². The molecule has 5 nitrogen and oxygen atoms in total. The Balaban J connectivity index is 2.01. The van der Waals surface area contributed by atoms with Crippen LogP contribution in [-0.4, -0.2) is 60.1 Å². The van der Waals surface area contributed by atoms with Crippen molar-refractivity contribution >= 4 is 5.91 Å². The number of aromatic hydroxyl groups is 1. The van der Waals surface area contributed by atoms with Crippen LogP contribution in [0.4, 0.5) is 0 Å². The normalized spacial score (nSPS) is 16.6. The summed E-state index contributed by atoms with van der Waals surface area (Å²) in [7, 11) is 0. The van der Waals surface area contributed by atoms with Crippen molar-refractivity contribution in [3.05, 3.63) is 29.3 Å². The molecule has 5 heteroatoms. The molecule has 0 saturated carbocycles. The number of nitrogens with two attached hydrogens (primary N) is 1. The van der Waals surface area contributed by atoms with E-state index in [-0.39, 0.29) is 11.7 Å². The average Bonchev–Trinajstić information content (AvgIpc) is 2.39. The van der Waals surface area contributed by atoms with Gasteiger partial charge in [0.05, 0.1) is 5.56 Å². The molecule has 1 saturated heterocycles. The summed E-state index contributed by atoms with van der Waals surface area (Å²) in [6, 6.07) is 5.16. The summed E-state index contributed by atoms with van der Waals surface area (Å²) < 4.78 is 0. The lowest BCUT2D eigenvalue weighted by Gasteiger charge is -2.34. The summed E-state index contributed by atoms with van der Waals surface area (Å²) in [5.74, 6) is -0.0284. The number of amides is 1. The van der Waals surface area contributed by atoms with Gasteiger partial charge in [-0.25, -0.2) is 0 Å². The van der Waals surface area contributed by atoms with E-state index in [9.17, 15) is 9.90 Å². The van der Waals surface area contributed by atoms with Gasteiger partial charge in [0.1, 0.15) is 5.75 Å². The van der Waals surface area contributed by atoms with Crippen molar-refractivity contribution in [2.45, 2.75) is 6.92 Å². The third-order valence-electron chi connectivity index (χ3n) is 3.49. The van der Waals surface area contributed by atoms with Crippen LogP contribution in [0.25, 0.3) is 0 Å². The molecule has 1 fully saturated rings. The number of benzene rings is 1. The van der Waals surface area contributed by atoms with Gasteiger partial charge in [-0.15, -0.1) is 0 Å². The molecule has 0 aromatic heterocycles. The fraction of sp³-hybridized carbons (Fsp3) is 0.500. The van der Waals surface area contributed by atoms with Gasteiger partial charge in [0.25, 0.3) is 5.91 Å². The maximum atomic E-state index is 12.3. The number of carbonyl (C=O) groups is 1. The van der Waals surface area contributed by atoms with E-state index in [1.807, 2.05) is 13.0 Å². The highest BCUT2D eigenvalue weighted by molar-refractivity contribution is 5.97. The second-order valence-corrected chi connectivity index (χ2v) is 4.94. The van der Waals surface area contributed by atoms with Crippen molar-refractivity contribution in [2.24, 2.45) is 5.73 Å². The topological polar surface area (TPSA) is 69.8 Å². The van der Waals surface area contributed by atoms with Crippen molar-refractivity contribution in [1.82, 2.24) is 9.80 Å². The van der Waals surface area contributed by atoms with Gasteiger partial charge in [0.15, 0.2) is 0 Å². The molecular weight excluding hydrogens is 242 g/mol. The summed E-state index contributed by atoms with van der Waals surface area (Å²) in [6.07, 6.45) is 0. The molecule has 104 valence electrons. The molecule has 1 aliphatic rings. The third-order valence-corrected chi connectivity index (χ3v) is 3.49. The van der Waals surface area contributed by atoms with Crippen LogP contribution in [0.5, 0.6) is 5.75 Å². The Kier molecular flexibility index (Phi) is 4.39. The Morgan fingerprint density at radius 3 is 2.58 bits per heavy atom. The Bertz CT molecular complexity index is 454. The second kappa shape index (κ2) is 6.04. The minimum atomic E-state index is -0.0927. The van der Waals surface area contributed by atoms with E-state index >= 15 is 0 Å². The Labute approximate surface area is 113 Å². The van der Waals surface area contributed by atoms with Crippen LogP contribution in [0.15, 0.2) is 18.2 Å². The van der Waals surface area contributed by atoms with Crippen LogP contribution in [0.2, 0.25) is 0 Å². The fourth-order valence-corrected chi connectivity index (χ4v) is 2.35. The Hall–Kier alpha value is -1.59. The molecule has 1 heterocycles. The van der Waals surface area contributed by atoms with Gasteiger partial charge in [-0.2, -0.15) is 0 Å². The summed E-state index contributed by atoms with van der Waals surface area (Å²) in [6.45, 7) is 6.47. The molecule has 2 rings (SSSR count). The van der Waals surface area contributed by atoms with E-state index in [4.69, 9.17) is 5.73 Å². The van der Waals surface area contributed by atoms with E-state index in [0.29, 0.717) is 25.2 Å². The highest BCUT2D eigenvalue weighted by Gasteiger charge is 2.23. The largest absolute Gasteiger partial charge is 0.507 e. The van der Waals surface area contributed by atoms with Gasteiger partial charge >= 0.3 is 0 Å². The fourth-order valence-electron chi connectivity index (χ4n) is 2.35. The Morgan fingerprint density at radius 1 is 1.32 bits per heavy atom. The van der Waals surface area contributed by atoms with Crippen molar-refractivity contribution in [3.63, 3.8) is 0 Å². The van der Waals surface area contributed by atoms with Gasteiger partial charge in [-0.05, 0) is 24.6 Å². The second-order valence-electron chi connectivity index (χ2n) is 4.94. The predicted molar refractivity (Wildman–Crippen MR) is 74.2 cm³/mol. The van der Waals surface area contributed by atoms with Gasteiger partial charge in [0.2, 0.25) is 0 Å². The number of phenols is 1. The third kappa shape index (κ3) is 3.24. The zero-order valence-electron chi connectivity index (χ0n) is 11.3. The first-order chi connectivity index (χ1) is 9.11. The Morgan fingerprint density at radius 2 is 2.00 bits per heavy atom. The SMILES string of the molecule is Cc1ccc(C(=O)N2CCN(CCN)CC2)c(O)c1. The van der Waals surface area contributed by atoms with Crippen molar-refractivity contribution < 1.29 is 9.90 Å². The van der Waals surface area contributed by atoms with Crippen LogP contribution in [0.3, 0.4) is 0 Å². The monoisotopic (exact) mass is 263 g/mol. The van der Waals surface area contributed by atoms with Crippen LogP contribution >= 0.6 is 0 Å². The van der Waals surface area contributed by atoms with Gasteiger partial charge < -0.3 is 15.7 Å². The zero-order valence-corrected chi connectivity index (χ0v) is 11.3. The lowest BCUT2D eigenvalue weighted by Crippen LogP contribution is -2.49. The number of piperazine rings is 1. The van der Waals surface area contributed by atoms with Gasteiger partial charge in [-0.3, -0.25) is 9.69 Å². The summed E-state index contributed by atoms with van der Waals surface area (Å²) in [5.41, 5.74) is 6.86. The van der Waals surface area contributed by atoms with Gasteiger partial charge in [-0.1, -0.05) is 6.07 Å². The predicted octanol–water partition coefficient (Wildman–Crippen LogP) is 0.417. The number of aryl methyl sites for hydroxylation is 1. The summed E-state index contributed by atoms with van der Waals surface area (Å²) in [5, 5.41) is 9.85. The standard InChI is InChI=1S/C14H21N3O2/c1-11-2-3-12(13(18)10-11)14(19)17-8-6-16(5-4-15)7-9-17/h2-3,10,18H,4-9,15H2,1H3. The van der Waals surface area contributed by atoms with Crippen molar-refractivity contribution in [1.29, 1.82) is 0 Å². The molecule has 1 aromatic carbocycles. The average molecular weight is 263 g/mol. The quantitative estimate of drug-likeness (QED) is 0.829. The molecule has 0 bridgehead atoms. The number of nitrogens with zero attached hydrogens (tertiary/aromatic N) is 2. The molecule has 0 spiro atoms. The van der Waals surface area contributed by atoms with Crippen LogP contribution < -0.4 is 5.73 Å². The number of carbonyl (C=O) groups excluding carboxylic acids is 1. The maximum Gasteiger partial charge on any atom is 0.257 e. The number of hydrogen-bond acceptors (Lipinski definition) is 4. The minimum absolute atomic E-state index is 0.0642. The molecule has 0 atom stereocenters. The van der Waals surface area contributed by atoms with E-state index in [2.05, 4.69) is 4.90 Å². The summed E-state index contributed by atoms with van der Waals surface area (Å²) >= 11 is 0. The first-order valence-electron chi connectivity index (χ1n) is 6.63. The lowest BCUT2D eigenvalue weighted by molar-refractivity contribution is 0.0638. The molecule has 0 aliphatic carbocycles. The molecule has 3 N–H and O–H groups in total. The number of hydrogen-bond donors (Lipinski definition) is 2. The first-order valence-corrected chi connectivity index (χ1v) is 6.63. The highest BCUT2D eigenvalue weighted by atomic mass is 16.3.